The van der Waals surface area contributed by atoms with E-state index >= 15 is 0 Å². The van der Waals surface area contributed by atoms with E-state index in [-0.39, 0.29) is 11.8 Å². The van der Waals surface area contributed by atoms with E-state index in [4.69, 9.17) is 21.1 Å². The predicted molar refractivity (Wildman–Crippen MR) is 123 cm³/mol. The fourth-order valence-corrected chi connectivity index (χ4v) is 3.63. The molecule has 0 aliphatic rings. The van der Waals surface area contributed by atoms with Gasteiger partial charge in [0.15, 0.2) is 11.5 Å². The Kier molecular flexibility index (Phi) is 7.23. The maximum atomic E-state index is 13.2. The van der Waals surface area contributed by atoms with Crippen LogP contribution >= 0.6 is 11.6 Å². The van der Waals surface area contributed by atoms with E-state index in [1.807, 2.05) is 54.2 Å². The number of nitrogens with zero attached hydrogens (tertiary/aromatic N) is 3. The van der Waals surface area contributed by atoms with Crippen molar-refractivity contribution in [2.24, 2.45) is 0 Å². The minimum Gasteiger partial charge on any atom is -0.493 e. The summed E-state index contributed by atoms with van der Waals surface area (Å²) in [6, 6.07) is 13.2. The molecule has 0 fully saturated rings. The molecule has 3 aromatic rings. The van der Waals surface area contributed by atoms with Crippen LogP contribution in [-0.2, 0) is 6.42 Å². The van der Waals surface area contributed by atoms with Gasteiger partial charge in [0.1, 0.15) is 0 Å². The van der Waals surface area contributed by atoms with E-state index in [1.54, 1.807) is 25.3 Å². The molecule has 1 aromatic heterocycles. The molecule has 6 nitrogen and oxygen atoms in total. The van der Waals surface area contributed by atoms with Crippen LogP contribution in [0.5, 0.6) is 11.5 Å². The SMILES string of the molecule is COc1ccc(CCN(C)C(=O)c2cnn(-c3ccc(Cl)cc3)c2C(C)C)cc1OC. The fraction of sp³-hybridized carbons (Fsp3) is 0.333. The Labute approximate surface area is 188 Å². The molecule has 164 valence electrons. The molecule has 1 amide bonds. The van der Waals surface area contributed by atoms with Gasteiger partial charge in [0.25, 0.3) is 5.91 Å². The maximum Gasteiger partial charge on any atom is 0.257 e. The molecule has 0 unspecified atom stereocenters. The molecule has 0 saturated heterocycles. The lowest BCUT2D eigenvalue weighted by Crippen LogP contribution is -2.29. The first-order chi connectivity index (χ1) is 14.8. The standard InChI is InChI=1S/C24H28ClN3O3/c1-16(2)23-20(15-26-28(23)19-9-7-18(25)8-10-19)24(29)27(3)13-12-17-6-11-21(30-4)22(14-17)31-5/h6-11,14-16H,12-13H2,1-5H3. The zero-order valence-corrected chi connectivity index (χ0v) is 19.3. The van der Waals surface area contributed by atoms with Gasteiger partial charge in [-0.05, 0) is 54.3 Å². The molecule has 2 aromatic carbocycles. The van der Waals surface area contributed by atoms with Gasteiger partial charge in [0.05, 0.1) is 37.4 Å². The molecule has 0 radical (unpaired) electrons. The number of likely N-dealkylation sites (N-methyl/N-ethyl adjacent to an activating group) is 1. The summed E-state index contributed by atoms with van der Waals surface area (Å²) < 4.78 is 12.5. The van der Waals surface area contributed by atoms with Gasteiger partial charge in [-0.15, -0.1) is 0 Å². The largest absolute Gasteiger partial charge is 0.493 e. The molecule has 0 N–H and O–H groups in total. The summed E-state index contributed by atoms with van der Waals surface area (Å²) in [5, 5.41) is 5.16. The minimum absolute atomic E-state index is 0.0515. The van der Waals surface area contributed by atoms with Gasteiger partial charge in [-0.25, -0.2) is 4.68 Å². The van der Waals surface area contributed by atoms with Crippen molar-refractivity contribution in [3.05, 3.63) is 70.5 Å². The van der Waals surface area contributed by atoms with Crippen molar-refractivity contribution in [1.82, 2.24) is 14.7 Å². The van der Waals surface area contributed by atoms with Gasteiger partial charge in [-0.2, -0.15) is 5.10 Å². The second-order valence-corrected chi connectivity index (χ2v) is 8.09. The summed E-state index contributed by atoms with van der Waals surface area (Å²) in [5.41, 5.74) is 3.43. The van der Waals surface area contributed by atoms with Crippen LogP contribution in [0.2, 0.25) is 5.02 Å². The smallest absolute Gasteiger partial charge is 0.257 e. The van der Waals surface area contributed by atoms with Crippen LogP contribution in [0.3, 0.4) is 0 Å². The summed E-state index contributed by atoms with van der Waals surface area (Å²) in [6.07, 6.45) is 2.35. The number of benzene rings is 2. The first kappa shape index (κ1) is 22.7. The third-order valence-electron chi connectivity index (χ3n) is 5.19. The molecule has 1 heterocycles. The molecule has 0 saturated carbocycles. The predicted octanol–water partition coefficient (Wildman–Crippen LogP) is 4.98. The summed E-state index contributed by atoms with van der Waals surface area (Å²) >= 11 is 6.01. The Morgan fingerprint density at radius 2 is 1.77 bits per heavy atom. The van der Waals surface area contributed by atoms with Crippen molar-refractivity contribution in [1.29, 1.82) is 0 Å². The maximum absolute atomic E-state index is 13.2. The van der Waals surface area contributed by atoms with Crippen molar-refractivity contribution in [2.45, 2.75) is 26.2 Å². The Hall–Kier alpha value is -2.99. The summed E-state index contributed by atoms with van der Waals surface area (Å²) in [5.74, 6) is 1.44. The molecule has 0 aliphatic heterocycles. The topological polar surface area (TPSA) is 56.6 Å². The summed E-state index contributed by atoms with van der Waals surface area (Å²) in [4.78, 5) is 14.9. The lowest BCUT2D eigenvalue weighted by Gasteiger charge is -2.19. The van der Waals surface area contributed by atoms with E-state index in [9.17, 15) is 4.79 Å². The van der Waals surface area contributed by atoms with Crippen LogP contribution in [0.15, 0.2) is 48.7 Å². The second-order valence-electron chi connectivity index (χ2n) is 7.65. The van der Waals surface area contributed by atoms with E-state index < -0.39 is 0 Å². The van der Waals surface area contributed by atoms with Crippen molar-refractivity contribution in [3.63, 3.8) is 0 Å². The van der Waals surface area contributed by atoms with Crippen molar-refractivity contribution >= 4 is 17.5 Å². The number of carbonyl (C=O) groups excluding carboxylic acids is 1. The Morgan fingerprint density at radius 3 is 2.39 bits per heavy atom. The zero-order chi connectivity index (χ0) is 22.5. The molecule has 0 bridgehead atoms. The normalized spacial score (nSPS) is 10.9. The molecule has 0 aliphatic carbocycles. The van der Waals surface area contributed by atoms with Crippen LogP contribution in [0.25, 0.3) is 5.69 Å². The van der Waals surface area contributed by atoms with Gasteiger partial charge >= 0.3 is 0 Å². The van der Waals surface area contributed by atoms with Crippen molar-refractivity contribution < 1.29 is 14.3 Å². The Morgan fingerprint density at radius 1 is 1.10 bits per heavy atom. The molecule has 3 rings (SSSR count). The molecular formula is C24H28ClN3O3. The molecule has 0 atom stereocenters. The molecule has 31 heavy (non-hydrogen) atoms. The number of aromatic nitrogens is 2. The van der Waals surface area contributed by atoms with Gasteiger partial charge in [0, 0.05) is 18.6 Å². The van der Waals surface area contributed by atoms with Crippen LogP contribution in [0.1, 0.15) is 41.4 Å². The number of amides is 1. The van der Waals surface area contributed by atoms with Gasteiger partial charge in [-0.1, -0.05) is 31.5 Å². The Bertz CT molecular complexity index is 1040. The van der Waals surface area contributed by atoms with Crippen LogP contribution in [0.4, 0.5) is 0 Å². The highest BCUT2D eigenvalue weighted by molar-refractivity contribution is 6.30. The highest BCUT2D eigenvalue weighted by atomic mass is 35.5. The van der Waals surface area contributed by atoms with Crippen molar-refractivity contribution in [2.75, 3.05) is 27.8 Å². The fourth-order valence-electron chi connectivity index (χ4n) is 3.51. The van der Waals surface area contributed by atoms with E-state index in [0.29, 0.717) is 35.1 Å². The van der Waals surface area contributed by atoms with Gasteiger partial charge in [0.2, 0.25) is 0 Å². The Balaban J connectivity index is 1.78. The third-order valence-corrected chi connectivity index (χ3v) is 5.44. The quantitative estimate of drug-likeness (QED) is 0.494. The summed E-state index contributed by atoms with van der Waals surface area (Å²) in [7, 11) is 5.04. The zero-order valence-electron chi connectivity index (χ0n) is 18.6. The average molecular weight is 442 g/mol. The van der Waals surface area contributed by atoms with Crippen LogP contribution in [-0.4, -0.2) is 48.4 Å². The van der Waals surface area contributed by atoms with Gasteiger partial charge < -0.3 is 14.4 Å². The molecular weight excluding hydrogens is 414 g/mol. The number of methoxy groups -OCH3 is 2. The van der Waals surface area contributed by atoms with Gasteiger partial charge in [-0.3, -0.25) is 4.79 Å². The minimum atomic E-state index is -0.0515. The lowest BCUT2D eigenvalue weighted by molar-refractivity contribution is 0.0795. The second kappa shape index (κ2) is 9.88. The molecule has 0 spiro atoms. The highest BCUT2D eigenvalue weighted by Crippen LogP contribution is 2.28. The number of carbonyl (C=O) groups is 1. The first-order valence-electron chi connectivity index (χ1n) is 10.2. The average Bonchev–Trinajstić information content (AvgIpc) is 3.22. The van der Waals surface area contributed by atoms with Crippen LogP contribution < -0.4 is 9.47 Å². The number of rotatable bonds is 8. The first-order valence-corrected chi connectivity index (χ1v) is 10.5. The van der Waals surface area contributed by atoms with E-state index in [0.717, 1.165) is 16.9 Å². The van der Waals surface area contributed by atoms with E-state index in [1.165, 1.54) is 0 Å². The van der Waals surface area contributed by atoms with Crippen LogP contribution in [0, 0.1) is 0 Å². The number of hydrogen-bond donors (Lipinski definition) is 0. The monoisotopic (exact) mass is 441 g/mol. The number of ether oxygens (including phenoxy) is 2. The molecule has 7 heteroatoms. The third kappa shape index (κ3) is 5.02. The number of hydrogen-bond acceptors (Lipinski definition) is 4. The summed E-state index contributed by atoms with van der Waals surface area (Å²) in [6.45, 7) is 4.69. The highest BCUT2D eigenvalue weighted by Gasteiger charge is 2.23. The lowest BCUT2D eigenvalue weighted by atomic mass is 10.0. The van der Waals surface area contributed by atoms with E-state index in [2.05, 4.69) is 18.9 Å². The number of halogens is 1. The van der Waals surface area contributed by atoms with Crippen molar-refractivity contribution in [3.8, 4) is 17.2 Å².